The van der Waals surface area contributed by atoms with Gasteiger partial charge in [0.25, 0.3) is 11.7 Å². The summed E-state index contributed by atoms with van der Waals surface area (Å²) in [5.74, 6) is -0.162. The number of para-hydroxylation sites is 1. The first-order chi connectivity index (χ1) is 16.9. The van der Waals surface area contributed by atoms with Crippen molar-refractivity contribution in [2.75, 3.05) is 13.7 Å². The first-order valence-electron chi connectivity index (χ1n) is 11.4. The highest BCUT2D eigenvalue weighted by atomic mass is 16.5. The number of hydrogen-bond acceptors (Lipinski definition) is 6. The van der Waals surface area contributed by atoms with Gasteiger partial charge in [-0.3, -0.25) is 14.6 Å². The van der Waals surface area contributed by atoms with Crippen molar-refractivity contribution in [2.45, 2.75) is 26.4 Å². The smallest absolute Gasteiger partial charge is 0.295 e. The number of rotatable bonds is 8. The molecule has 7 heteroatoms. The highest BCUT2D eigenvalue weighted by Crippen LogP contribution is 2.41. The van der Waals surface area contributed by atoms with Gasteiger partial charge in [0.05, 0.1) is 31.9 Å². The molecule has 1 N–H and O–H groups in total. The van der Waals surface area contributed by atoms with E-state index in [1.807, 2.05) is 32.0 Å². The molecule has 1 aliphatic rings. The van der Waals surface area contributed by atoms with Gasteiger partial charge in [-0.1, -0.05) is 44.2 Å². The highest BCUT2D eigenvalue weighted by Gasteiger charge is 2.46. The molecule has 1 aromatic heterocycles. The Balaban J connectivity index is 1.80. The fourth-order valence-corrected chi connectivity index (χ4v) is 4.10. The third-order valence-electron chi connectivity index (χ3n) is 5.79. The number of benzene rings is 2. The average Bonchev–Trinajstić information content (AvgIpc) is 3.13. The summed E-state index contributed by atoms with van der Waals surface area (Å²) >= 11 is 0. The van der Waals surface area contributed by atoms with Crippen molar-refractivity contribution in [3.63, 3.8) is 0 Å². The summed E-state index contributed by atoms with van der Waals surface area (Å²) in [6.45, 7) is 4.74. The van der Waals surface area contributed by atoms with Crippen LogP contribution in [0.25, 0.3) is 5.76 Å². The minimum absolute atomic E-state index is 0.0251. The molecular weight excluding hydrogens is 444 g/mol. The number of carbonyl (C=O) groups is 2. The lowest BCUT2D eigenvalue weighted by Crippen LogP contribution is -2.29. The topological polar surface area (TPSA) is 89.0 Å². The van der Waals surface area contributed by atoms with Gasteiger partial charge < -0.3 is 19.5 Å². The Bertz CT molecular complexity index is 1250. The van der Waals surface area contributed by atoms with Gasteiger partial charge in [0.2, 0.25) is 0 Å². The predicted octanol–water partition coefficient (Wildman–Crippen LogP) is 4.75. The molecule has 0 radical (unpaired) electrons. The van der Waals surface area contributed by atoms with E-state index in [2.05, 4.69) is 4.98 Å². The van der Waals surface area contributed by atoms with Crippen molar-refractivity contribution in [1.82, 2.24) is 9.88 Å². The van der Waals surface area contributed by atoms with Crippen LogP contribution in [0.1, 0.15) is 36.6 Å². The quantitative estimate of drug-likeness (QED) is 0.289. The molecule has 1 aliphatic heterocycles. The van der Waals surface area contributed by atoms with Crippen molar-refractivity contribution in [2.24, 2.45) is 5.92 Å². The Morgan fingerprint density at radius 1 is 1.06 bits per heavy atom. The zero-order chi connectivity index (χ0) is 24.9. The molecule has 1 amide bonds. The van der Waals surface area contributed by atoms with Crippen molar-refractivity contribution >= 4 is 17.4 Å². The second-order valence-electron chi connectivity index (χ2n) is 8.75. The highest BCUT2D eigenvalue weighted by molar-refractivity contribution is 6.46. The number of Topliss-reactive ketones (excluding diaryl/α,β-unsaturated/α-hetero) is 1. The van der Waals surface area contributed by atoms with Crippen molar-refractivity contribution in [1.29, 1.82) is 0 Å². The molecule has 7 nitrogen and oxygen atoms in total. The maximum atomic E-state index is 13.3. The monoisotopic (exact) mass is 472 g/mol. The second kappa shape index (κ2) is 10.4. The third-order valence-corrected chi connectivity index (χ3v) is 5.79. The van der Waals surface area contributed by atoms with E-state index in [1.54, 1.807) is 62.0 Å². The number of methoxy groups -OCH3 is 1. The standard InChI is InChI=1S/C28H28N2O5/c1-18(2)17-35-22-9-6-8-20(15-22)26(31)24-25(19-11-13-29-14-12-19)30(28(33)27(24)32)16-21-7-4-5-10-23(21)34-3/h4-15,18,25,31H,16-17H2,1-3H3/b26-24-. The molecule has 35 heavy (non-hydrogen) atoms. The molecule has 0 spiro atoms. The van der Waals surface area contributed by atoms with Crippen LogP contribution >= 0.6 is 0 Å². The lowest BCUT2D eigenvalue weighted by atomic mass is 9.95. The van der Waals surface area contributed by atoms with Crippen LogP contribution in [0.2, 0.25) is 0 Å². The fourth-order valence-electron chi connectivity index (χ4n) is 4.10. The Hall–Kier alpha value is -4.13. The molecule has 2 heterocycles. The van der Waals surface area contributed by atoms with E-state index < -0.39 is 17.7 Å². The fraction of sp³-hybridized carbons (Fsp3) is 0.250. The number of aliphatic hydroxyl groups excluding tert-OH is 1. The number of pyridine rings is 1. The lowest BCUT2D eigenvalue weighted by Gasteiger charge is -2.26. The van der Waals surface area contributed by atoms with E-state index in [0.29, 0.717) is 35.2 Å². The number of likely N-dealkylation sites (tertiary alicyclic amines) is 1. The normalized spacial score (nSPS) is 17.1. The molecule has 1 fully saturated rings. The number of aromatic nitrogens is 1. The zero-order valence-corrected chi connectivity index (χ0v) is 20.0. The second-order valence-corrected chi connectivity index (χ2v) is 8.75. The van der Waals surface area contributed by atoms with Gasteiger partial charge in [0.15, 0.2) is 0 Å². The predicted molar refractivity (Wildman–Crippen MR) is 132 cm³/mol. The average molecular weight is 473 g/mol. The Kier molecular flexibility index (Phi) is 7.15. The zero-order valence-electron chi connectivity index (χ0n) is 20.0. The molecule has 0 aliphatic carbocycles. The van der Waals surface area contributed by atoms with E-state index in [-0.39, 0.29) is 17.9 Å². The van der Waals surface area contributed by atoms with Gasteiger partial charge >= 0.3 is 0 Å². The van der Waals surface area contributed by atoms with E-state index >= 15 is 0 Å². The minimum atomic E-state index is -0.789. The minimum Gasteiger partial charge on any atom is -0.507 e. The Morgan fingerprint density at radius 2 is 1.80 bits per heavy atom. The van der Waals surface area contributed by atoms with E-state index in [1.165, 1.54) is 4.90 Å². The van der Waals surface area contributed by atoms with Crippen LogP contribution in [-0.2, 0) is 16.1 Å². The first-order valence-corrected chi connectivity index (χ1v) is 11.4. The van der Waals surface area contributed by atoms with Crippen LogP contribution in [0.4, 0.5) is 0 Å². The Morgan fingerprint density at radius 3 is 2.51 bits per heavy atom. The van der Waals surface area contributed by atoms with Gasteiger partial charge in [0.1, 0.15) is 17.3 Å². The van der Waals surface area contributed by atoms with Crippen molar-refractivity contribution in [3.05, 3.63) is 95.3 Å². The number of aliphatic hydroxyl groups is 1. The molecule has 0 bridgehead atoms. The number of nitrogens with zero attached hydrogens (tertiary/aromatic N) is 2. The molecule has 180 valence electrons. The van der Waals surface area contributed by atoms with Gasteiger partial charge in [-0.25, -0.2) is 0 Å². The largest absolute Gasteiger partial charge is 0.507 e. The molecule has 3 aromatic rings. The molecular formula is C28H28N2O5. The van der Waals surface area contributed by atoms with Crippen LogP contribution < -0.4 is 9.47 Å². The molecule has 2 aromatic carbocycles. The first kappa shape index (κ1) is 24.0. The van der Waals surface area contributed by atoms with E-state index in [9.17, 15) is 14.7 Å². The number of hydrogen-bond donors (Lipinski definition) is 1. The maximum absolute atomic E-state index is 13.3. The van der Waals surface area contributed by atoms with Gasteiger partial charge in [-0.15, -0.1) is 0 Å². The summed E-state index contributed by atoms with van der Waals surface area (Å²) in [4.78, 5) is 32.0. The van der Waals surface area contributed by atoms with Crippen LogP contribution in [-0.4, -0.2) is 40.4 Å². The number of ketones is 1. The summed E-state index contributed by atoms with van der Waals surface area (Å²) in [6, 6.07) is 16.9. The maximum Gasteiger partial charge on any atom is 0.295 e. The SMILES string of the molecule is COc1ccccc1CN1C(=O)C(=O)/C(=C(\O)c2cccc(OCC(C)C)c2)C1c1ccncc1. The van der Waals surface area contributed by atoms with Gasteiger partial charge in [-0.05, 0) is 41.8 Å². The lowest BCUT2D eigenvalue weighted by molar-refractivity contribution is -0.140. The van der Waals surface area contributed by atoms with Crippen molar-refractivity contribution in [3.8, 4) is 11.5 Å². The molecule has 0 saturated carbocycles. The molecule has 1 unspecified atom stereocenters. The van der Waals surface area contributed by atoms with Crippen molar-refractivity contribution < 1.29 is 24.2 Å². The van der Waals surface area contributed by atoms with Crippen LogP contribution in [0, 0.1) is 5.92 Å². The van der Waals surface area contributed by atoms with E-state index in [0.717, 1.165) is 5.56 Å². The summed E-state index contributed by atoms with van der Waals surface area (Å²) in [5.41, 5.74) is 1.85. The summed E-state index contributed by atoms with van der Waals surface area (Å²) in [5, 5.41) is 11.3. The summed E-state index contributed by atoms with van der Waals surface area (Å²) in [7, 11) is 1.56. The van der Waals surface area contributed by atoms with Crippen LogP contribution in [0.5, 0.6) is 11.5 Å². The third kappa shape index (κ3) is 5.04. The summed E-state index contributed by atoms with van der Waals surface area (Å²) < 4.78 is 11.2. The molecule has 1 atom stereocenters. The van der Waals surface area contributed by atoms with Crippen LogP contribution in [0.15, 0.2) is 78.6 Å². The Labute approximate surface area is 204 Å². The van der Waals surface area contributed by atoms with Gasteiger partial charge in [-0.2, -0.15) is 0 Å². The number of amides is 1. The van der Waals surface area contributed by atoms with Gasteiger partial charge in [0, 0.05) is 23.5 Å². The number of carbonyl (C=O) groups excluding carboxylic acids is 2. The summed E-state index contributed by atoms with van der Waals surface area (Å²) in [6.07, 6.45) is 3.19. The molecule has 4 rings (SSSR count). The molecule has 1 saturated heterocycles. The number of ether oxygens (including phenoxy) is 2. The van der Waals surface area contributed by atoms with E-state index in [4.69, 9.17) is 9.47 Å². The van der Waals surface area contributed by atoms with Crippen LogP contribution in [0.3, 0.4) is 0 Å².